The van der Waals surface area contributed by atoms with Crippen LogP contribution in [0.4, 0.5) is 0 Å². The first kappa shape index (κ1) is 9.99. The Hall–Kier alpha value is -1.54. The van der Waals surface area contributed by atoms with Crippen molar-refractivity contribution in [3.8, 4) is 0 Å². The molecule has 0 aliphatic heterocycles. The Labute approximate surface area is 92.5 Å². The zero-order chi connectivity index (χ0) is 10.8. The van der Waals surface area contributed by atoms with Gasteiger partial charge in [-0.25, -0.2) is 0 Å². The molecule has 0 saturated carbocycles. The highest BCUT2D eigenvalue weighted by Gasteiger charge is 2.12. The molecule has 3 heteroatoms. The van der Waals surface area contributed by atoms with Crippen LogP contribution in [0.15, 0.2) is 40.8 Å². The van der Waals surface area contributed by atoms with E-state index in [0.717, 1.165) is 5.56 Å². The monoisotopic (exact) mass is 220 g/mol. The molecule has 1 aromatic carbocycles. The first-order valence-corrected chi connectivity index (χ1v) is 4.91. The molecule has 0 aliphatic carbocycles. The molecule has 0 saturated heterocycles. The van der Waals surface area contributed by atoms with Gasteiger partial charge in [0.05, 0.1) is 0 Å². The summed E-state index contributed by atoms with van der Waals surface area (Å²) in [6.07, 6.45) is 0. The third-order valence-electron chi connectivity index (χ3n) is 2.11. The van der Waals surface area contributed by atoms with Gasteiger partial charge in [0.2, 0.25) is 5.78 Å². The summed E-state index contributed by atoms with van der Waals surface area (Å²) >= 11 is 5.60. The summed E-state index contributed by atoms with van der Waals surface area (Å²) < 4.78 is 5.05. The number of benzene rings is 1. The highest BCUT2D eigenvalue weighted by molar-refractivity contribution is 6.29. The number of hydrogen-bond donors (Lipinski definition) is 0. The fourth-order valence-electron chi connectivity index (χ4n) is 1.28. The van der Waals surface area contributed by atoms with E-state index in [1.165, 1.54) is 0 Å². The first-order valence-electron chi connectivity index (χ1n) is 4.53. The molecule has 2 aromatic rings. The van der Waals surface area contributed by atoms with Crippen molar-refractivity contribution in [3.05, 3.63) is 58.5 Å². The largest absolute Gasteiger partial charge is 0.441 e. The molecule has 0 radical (unpaired) electrons. The van der Waals surface area contributed by atoms with Crippen LogP contribution >= 0.6 is 11.6 Å². The van der Waals surface area contributed by atoms with Gasteiger partial charge < -0.3 is 4.42 Å². The third kappa shape index (κ3) is 2.10. The minimum absolute atomic E-state index is 0.151. The average molecular weight is 221 g/mol. The van der Waals surface area contributed by atoms with Crippen LogP contribution in [0.3, 0.4) is 0 Å². The number of furan rings is 1. The summed E-state index contributed by atoms with van der Waals surface area (Å²) in [6.45, 7) is 1.97. The van der Waals surface area contributed by atoms with E-state index < -0.39 is 0 Å². The van der Waals surface area contributed by atoms with Gasteiger partial charge in [-0.2, -0.15) is 0 Å². The van der Waals surface area contributed by atoms with Crippen LogP contribution in [0, 0.1) is 6.92 Å². The quantitative estimate of drug-likeness (QED) is 0.726. The molecule has 0 spiro atoms. The minimum Gasteiger partial charge on any atom is -0.441 e. The molecule has 15 heavy (non-hydrogen) atoms. The van der Waals surface area contributed by atoms with Crippen LogP contribution in [-0.4, -0.2) is 5.78 Å². The molecule has 0 unspecified atom stereocenters. The van der Waals surface area contributed by atoms with E-state index >= 15 is 0 Å². The van der Waals surface area contributed by atoms with Crippen molar-refractivity contribution >= 4 is 17.4 Å². The predicted molar refractivity (Wildman–Crippen MR) is 58.3 cm³/mol. The molecular formula is C12H9ClO2. The van der Waals surface area contributed by atoms with Crippen molar-refractivity contribution in [3.63, 3.8) is 0 Å². The van der Waals surface area contributed by atoms with Gasteiger partial charge in [-0.05, 0) is 30.7 Å². The van der Waals surface area contributed by atoms with E-state index in [1.807, 2.05) is 19.1 Å². The van der Waals surface area contributed by atoms with Gasteiger partial charge in [-0.3, -0.25) is 4.79 Å². The van der Waals surface area contributed by atoms with Gasteiger partial charge in [-0.15, -0.1) is 0 Å². The predicted octanol–water partition coefficient (Wildman–Crippen LogP) is 3.47. The number of carbonyl (C=O) groups is 1. The summed E-state index contributed by atoms with van der Waals surface area (Å²) in [4.78, 5) is 11.8. The molecule has 0 bridgehead atoms. The second kappa shape index (κ2) is 3.91. The molecule has 76 valence electrons. The standard InChI is InChI=1S/C12H9ClO2/c1-8-2-4-9(5-3-8)12(14)10-6-7-11(13)15-10/h2-7H,1H3. The van der Waals surface area contributed by atoms with Gasteiger partial charge in [0.25, 0.3) is 0 Å². The Morgan fingerprint density at radius 1 is 1.13 bits per heavy atom. The lowest BCUT2D eigenvalue weighted by Crippen LogP contribution is -1.98. The zero-order valence-electron chi connectivity index (χ0n) is 8.16. The highest BCUT2D eigenvalue weighted by Crippen LogP contribution is 2.17. The van der Waals surface area contributed by atoms with Crippen LogP contribution in [0.5, 0.6) is 0 Å². The lowest BCUT2D eigenvalue weighted by Gasteiger charge is -1.97. The number of aryl methyl sites for hydroxylation is 1. The summed E-state index contributed by atoms with van der Waals surface area (Å²) in [5.74, 6) is 0.116. The molecule has 1 heterocycles. The summed E-state index contributed by atoms with van der Waals surface area (Å²) in [5.41, 5.74) is 1.72. The van der Waals surface area contributed by atoms with Gasteiger partial charge in [0.15, 0.2) is 11.0 Å². The molecule has 0 fully saturated rings. The van der Waals surface area contributed by atoms with Crippen molar-refractivity contribution < 1.29 is 9.21 Å². The topological polar surface area (TPSA) is 30.2 Å². The van der Waals surface area contributed by atoms with Crippen LogP contribution in [0.25, 0.3) is 0 Å². The van der Waals surface area contributed by atoms with Crippen molar-refractivity contribution in [2.75, 3.05) is 0 Å². The second-order valence-corrected chi connectivity index (χ2v) is 3.67. The van der Waals surface area contributed by atoms with Crippen LogP contribution < -0.4 is 0 Å². The Bertz CT molecular complexity index is 483. The van der Waals surface area contributed by atoms with Crippen molar-refractivity contribution in [1.82, 2.24) is 0 Å². The van der Waals surface area contributed by atoms with E-state index in [9.17, 15) is 4.79 Å². The van der Waals surface area contributed by atoms with E-state index in [4.69, 9.17) is 16.0 Å². The lowest BCUT2D eigenvalue weighted by atomic mass is 10.1. The molecule has 1 aromatic heterocycles. The number of carbonyl (C=O) groups excluding carboxylic acids is 1. The fourth-order valence-corrected chi connectivity index (χ4v) is 1.43. The van der Waals surface area contributed by atoms with Crippen molar-refractivity contribution in [2.24, 2.45) is 0 Å². The van der Waals surface area contributed by atoms with E-state index in [2.05, 4.69) is 0 Å². The Balaban J connectivity index is 2.32. The van der Waals surface area contributed by atoms with Gasteiger partial charge in [0.1, 0.15) is 0 Å². The molecule has 0 N–H and O–H groups in total. The number of hydrogen-bond acceptors (Lipinski definition) is 2. The summed E-state index contributed by atoms with van der Waals surface area (Å²) in [6, 6.07) is 10.4. The van der Waals surface area contributed by atoms with Gasteiger partial charge in [0, 0.05) is 5.56 Å². The van der Waals surface area contributed by atoms with E-state index in [-0.39, 0.29) is 16.8 Å². The summed E-state index contributed by atoms with van der Waals surface area (Å²) in [5, 5.41) is 0.227. The molecule has 2 rings (SSSR count). The lowest BCUT2D eigenvalue weighted by molar-refractivity contribution is 0.101. The Kier molecular flexibility index (Phi) is 2.60. The number of ketones is 1. The molecule has 0 atom stereocenters. The van der Waals surface area contributed by atoms with Crippen LogP contribution in [0.2, 0.25) is 5.22 Å². The SMILES string of the molecule is Cc1ccc(C(=O)c2ccc(Cl)o2)cc1. The van der Waals surface area contributed by atoms with Gasteiger partial charge >= 0.3 is 0 Å². The Morgan fingerprint density at radius 2 is 1.80 bits per heavy atom. The van der Waals surface area contributed by atoms with Crippen molar-refractivity contribution in [2.45, 2.75) is 6.92 Å². The summed E-state index contributed by atoms with van der Waals surface area (Å²) in [7, 11) is 0. The minimum atomic E-state index is -0.151. The molecule has 0 aliphatic rings. The van der Waals surface area contributed by atoms with E-state index in [0.29, 0.717) is 5.56 Å². The number of rotatable bonds is 2. The Morgan fingerprint density at radius 3 is 2.33 bits per heavy atom. The average Bonchev–Trinajstić information content (AvgIpc) is 2.65. The maximum absolute atomic E-state index is 11.8. The van der Waals surface area contributed by atoms with Crippen LogP contribution in [0.1, 0.15) is 21.7 Å². The highest BCUT2D eigenvalue weighted by atomic mass is 35.5. The van der Waals surface area contributed by atoms with Gasteiger partial charge in [-0.1, -0.05) is 29.8 Å². The molecular weight excluding hydrogens is 212 g/mol. The fraction of sp³-hybridized carbons (Fsp3) is 0.0833. The number of halogens is 1. The maximum Gasteiger partial charge on any atom is 0.228 e. The maximum atomic E-state index is 11.8. The normalized spacial score (nSPS) is 10.3. The van der Waals surface area contributed by atoms with E-state index in [1.54, 1.807) is 24.3 Å². The first-order chi connectivity index (χ1) is 7.16. The third-order valence-corrected chi connectivity index (χ3v) is 2.31. The smallest absolute Gasteiger partial charge is 0.228 e. The zero-order valence-corrected chi connectivity index (χ0v) is 8.91. The van der Waals surface area contributed by atoms with Crippen LogP contribution in [-0.2, 0) is 0 Å². The molecule has 0 amide bonds. The second-order valence-electron chi connectivity index (χ2n) is 3.30. The molecule has 2 nitrogen and oxygen atoms in total. The van der Waals surface area contributed by atoms with Crippen molar-refractivity contribution in [1.29, 1.82) is 0 Å².